The van der Waals surface area contributed by atoms with Crippen LogP contribution in [0.25, 0.3) is 11.0 Å². The van der Waals surface area contributed by atoms with Crippen molar-refractivity contribution in [2.75, 3.05) is 24.7 Å². The summed E-state index contributed by atoms with van der Waals surface area (Å²) in [6.45, 7) is 0.403. The maximum Gasteiger partial charge on any atom is 0.240 e. The fourth-order valence-electron chi connectivity index (χ4n) is 1.59. The maximum atomic E-state index is 11.4. The predicted octanol–water partition coefficient (Wildman–Crippen LogP) is -0.410. The zero-order valence-electron chi connectivity index (χ0n) is 10.8. The van der Waals surface area contributed by atoms with Crippen LogP contribution in [0.15, 0.2) is 21.7 Å². The number of nitrogens with two attached hydrogens (primary N) is 1. The lowest BCUT2D eigenvalue weighted by Gasteiger charge is -2.08. The molecule has 2 aromatic rings. The van der Waals surface area contributed by atoms with Crippen LogP contribution in [0.5, 0.6) is 0 Å². The van der Waals surface area contributed by atoms with Crippen LogP contribution >= 0.6 is 0 Å². The molecule has 1 heterocycles. The van der Waals surface area contributed by atoms with Crippen LogP contribution in [-0.4, -0.2) is 42.3 Å². The Bertz CT molecular complexity index is 859. The Hall–Kier alpha value is -1.34. The van der Waals surface area contributed by atoms with Crippen LogP contribution in [0, 0.1) is 0 Å². The molecule has 0 aliphatic heterocycles. The second-order valence-corrected chi connectivity index (χ2v) is 9.06. The molecule has 0 spiro atoms. The molecule has 1 atom stereocenters. The largest absolute Gasteiger partial charge is 0.381 e. The highest BCUT2D eigenvalue weighted by Gasteiger charge is 2.18. The molecular formula is C9H12N4O5S3. The van der Waals surface area contributed by atoms with E-state index in [1.54, 1.807) is 0 Å². The Labute approximate surface area is 125 Å². The van der Waals surface area contributed by atoms with Crippen molar-refractivity contribution in [2.24, 2.45) is 5.14 Å². The summed E-state index contributed by atoms with van der Waals surface area (Å²) in [7, 11) is -6.61. The number of hydrogen-bond acceptors (Lipinski definition) is 9. The Balaban J connectivity index is 2.21. The van der Waals surface area contributed by atoms with E-state index >= 15 is 0 Å². The fourth-order valence-corrected chi connectivity index (χ4v) is 2.85. The van der Waals surface area contributed by atoms with E-state index in [-0.39, 0.29) is 29.1 Å². The van der Waals surface area contributed by atoms with Gasteiger partial charge in [0, 0.05) is 24.0 Å². The molecule has 21 heavy (non-hydrogen) atoms. The third-order valence-electron chi connectivity index (χ3n) is 2.40. The average molecular weight is 352 g/mol. The molecular weight excluding hydrogens is 340 g/mol. The number of rotatable bonds is 6. The first-order valence-electron chi connectivity index (χ1n) is 5.55. The number of aromatic nitrogens is 2. The van der Waals surface area contributed by atoms with Gasteiger partial charge in [-0.2, -0.15) is 0 Å². The van der Waals surface area contributed by atoms with Crippen molar-refractivity contribution < 1.29 is 21.4 Å². The van der Waals surface area contributed by atoms with Crippen molar-refractivity contribution in [1.29, 1.82) is 0 Å². The van der Waals surface area contributed by atoms with E-state index in [1.807, 2.05) is 0 Å². The molecule has 0 radical (unpaired) electrons. The summed E-state index contributed by atoms with van der Waals surface area (Å²) in [5.74, 6) is 0. The minimum Gasteiger partial charge on any atom is -0.381 e. The van der Waals surface area contributed by atoms with Gasteiger partial charge >= 0.3 is 0 Å². The lowest BCUT2D eigenvalue weighted by molar-refractivity contribution is 0.315. The van der Waals surface area contributed by atoms with Gasteiger partial charge in [0.25, 0.3) is 0 Å². The van der Waals surface area contributed by atoms with Crippen LogP contribution < -0.4 is 10.5 Å². The van der Waals surface area contributed by atoms with Crippen molar-refractivity contribution in [2.45, 2.75) is 4.90 Å². The van der Waals surface area contributed by atoms with E-state index in [0.717, 1.165) is 0 Å². The topological polar surface area (TPSA) is 137 Å². The molecule has 9 nitrogen and oxygen atoms in total. The Morgan fingerprint density at radius 3 is 2.62 bits per heavy atom. The summed E-state index contributed by atoms with van der Waals surface area (Å²) >= 11 is 4.60. The van der Waals surface area contributed by atoms with Crippen molar-refractivity contribution in [3.63, 3.8) is 0 Å². The van der Waals surface area contributed by atoms with Crippen LogP contribution in [-0.2, 0) is 34.2 Å². The molecule has 0 amide bonds. The lowest BCUT2D eigenvalue weighted by Crippen LogP contribution is -2.14. The molecule has 12 heteroatoms. The van der Waals surface area contributed by atoms with Gasteiger partial charge < -0.3 is 5.32 Å². The van der Waals surface area contributed by atoms with Crippen LogP contribution in [0.3, 0.4) is 0 Å². The highest BCUT2D eigenvalue weighted by molar-refractivity contribution is 8.29. The van der Waals surface area contributed by atoms with E-state index in [2.05, 4.69) is 31.4 Å². The van der Waals surface area contributed by atoms with Crippen molar-refractivity contribution >= 4 is 46.7 Å². The number of nitrogens with zero attached hydrogens (tertiary/aromatic N) is 2. The van der Waals surface area contributed by atoms with Crippen molar-refractivity contribution in [3.8, 4) is 0 Å². The van der Waals surface area contributed by atoms with Gasteiger partial charge in [0.15, 0.2) is 11.0 Å². The smallest absolute Gasteiger partial charge is 0.240 e. The van der Waals surface area contributed by atoms with Crippen molar-refractivity contribution in [1.82, 2.24) is 10.3 Å². The number of hydrogen-bond donors (Lipinski definition) is 2. The molecule has 0 saturated heterocycles. The number of sulfonamides is 1. The van der Waals surface area contributed by atoms with Gasteiger partial charge in [0.1, 0.15) is 13.7 Å². The molecule has 1 aromatic heterocycles. The number of benzene rings is 1. The molecule has 116 valence electrons. The van der Waals surface area contributed by atoms with Gasteiger partial charge in [-0.3, -0.25) is 4.18 Å². The first kappa shape index (κ1) is 16.0. The monoisotopic (exact) mass is 352 g/mol. The van der Waals surface area contributed by atoms with Crippen LogP contribution in [0.2, 0.25) is 0 Å². The quantitative estimate of drug-likeness (QED) is 0.664. The molecule has 0 fully saturated rings. The van der Waals surface area contributed by atoms with Gasteiger partial charge in [0.2, 0.25) is 10.0 Å². The standard InChI is InChI=1S/C9H12N4O5S3/c1-20(14,19)17-5-4-11-6-2-3-7(21(10,15)16)9-8(6)12-18-13-9/h2-3,11H,4-5H2,1H3,(H2,10,15,16). The van der Waals surface area contributed by atoms with Gasteiger partial charge in [-0.15, -0.1) is 0 Å². The van der Waals surface area contributed by atoms with E-state index in [1.165, 1.54) is 18.4 Å². The molecule has 3 N–H and O–H groups in total. The summed E-state index contributed by atoms with van der Waals surface area (Å²) in [4.78, 5) is -0.178. The van der Waals surface area contributed by atoms with Gasteiger partial charge in [0.05, 0.1) is 12.3 Å². The Morgan fingerprint density at radius 1 is 1.33 bits per heavy atom. The van der Waals surface area contributed by atoms with Crippen LogP contribution in [0.4, 0.5) is 5.69 Å². The number of anilines is 1. The second-order valence-electron chi connectivity index (χ2n) is 4.07. The zero-order chi connectivity index (χ0) is 15.7. The Morgan fingerprint density at radius 2 is 2.00 bits per heavy atom. The average Bonchev–Trinajstić information content (AvgIpc) is 2.80. The molecule has 1 unspecified atom stereocenters. The first-order valence-corrected chi connectivity index (χ1v) is 9.91. The number of fused-ring (bicyclic) bond motifs is 1. The van der Waals surface area contributed by atoms with E-state index in [0.29, 0.717) is 5.69 Å². The van der Waals surface area contributed by atoms with Crippen molar-refractivity contribution in [3.05, 3.63) is 12.1 Å². The second kappa shape index (κ2) is 5.81. The number of primary sulfonamides is 1. The SMILES string of the molecule is CS(=O)(=S)OCCNc1ccc(S(N)(=O)=O)c2nonc12. The van der Waals surface area contributed by atoms with Gasteiger partial charge in [-0.05, 0) is 22.4 Å². The zero-order valence-corrected chi connectivity index (χ0v) is 13.3. The van der Waals surface area contributed by atoms with E-state index < -0.39 is 18.8 Å². The highest BCUT2D eigenvalue weighted by Crippen LogP contribution is 2.25. The predicted molar refractivity (Wildman–Crippen MR) is 79.1 cm³/mol. The summed E-state index contributed by atoms with van der Waals surface area (Å²) in [5.41, 5.74) is 0.734. The van der Waals surface area contributed by atoms with Gasteiger partial charge in [-0.25, -0.2) is 22.4 Å². The van der Waals surface area contributed by atoms with Gasteiger partial charge in [-0.1, -0.05) is 0 Å². The highest BCUT2D eigenvalue weighted by atomic mass is 32.8. The Kier molecular flexibility index (Phi) is 4.43. The lowest BCUT2D eigenvalue weighted by atomic mass is 10.2. The molecule has 1 aromatic carbocycles. The maximum absolute atomic E-state index is 11.4. The normalized spacial score (nSPS) is 15.0. The minimum atomic E-state index is -3.93. The molecule has 0 bridgehead atoms. The van der Waals surface area contributed by atoms with E-state index in [4.69, 9.17) is 9.32 Å². The van der Waals surface area contributed by atoms with Crippen LogP contribution in [0.1, 0.15) is 0 Å². The molecule has 2 rings (SSSR count). The summed E-state index contributed by atoms with van der Waals surface area (Å²) < 4.78 is 43.5. The molecule has 0 saturated carbocycles. The third-order valence-corrected chi connectivity index (χ3v) is 4.23. The number of nitrogens with one attached hydrogen (secondary N) is 1. The third kappa shape index (κ3) is 4.07. The van der Waals surface area contributed by atoms with E-state index in [9.17, 15) is 12.6 Å². The summed E-state index contributed by atoms with van der Waals surface area (Å²) in [6.07, 6.45) is 1.31. The molecule has 0 aliphatic carbocycles. The first-order chi connectivity index (χ1) is 9.68. The minimum absolute atomic E-state index is 0.0333. The molecule has 0 aliphatic rings. The fraction of sp³-hybridized carbons (Fsp3) is 0.333. The summed E-state index contributed by atoms with van der Waals surface area (Å²) in [6, 6.07) is 2.77. The summed E-state index contributed by atoms with van der Waals surface area (Å²) in [5, 5.41) is 15.2.